The lowest BCUT2D eigenvalue weighted by Crippen LogP contribution is -2.12. The molecule has 128 valence electrons. The van der Waals surface area contributed by atoms with Crippen molar-refractivity contribution in [3.05, 3.63) is 58.4 Å². The lowest BCUT2D eigenvalue weighted by molar-refractivity contribution is 0.102. The number of nitrogens with zero attached hydrogens (tertiary/aromatic N) is 1. The van der Waals surface area contributed by atoms with Crippen molar-refractivity contribution in [3.8, 4) is 17.0 Å². The average molecular weight is 374 g/mol. The molecule has 25 heavy (non-hydrogen) atoms. The maximum atomic E-state index is 12.5. The highest BCUT2D eigenvalue weighted by atomic mass is 35.5. The van der Waals surface area contributed by atoms with Gasteiger partial charge >= 0.3 is 0 Å². The summed E-state index contributed by atoms with van der Waals surface area (Å²) in [5, 5.41) is 9.18. The molecule has 0 unspecified atom stereocenters. The van der Waals surface area contributed by atoms with E-state index in [-0.39, 0.29) is 5.91 Å². The third-order valence-corrected chi connectivity index (χ3v) is 4.64. The maximum absolute atomic E-state index is 12.5. The van der Waals surface area contributed by atoms with E-state index >= 15 is 0 Å². The molecule has 7 heteroatoms. The molecule has 2 aromatic carbocycles. The molecule has 0 aliphatic heterocycles. The van der Waals surface area contributed by atoms with Crippen molar-refractivity contribution >= 4 is 39.7 Å². The average Bonchev–Trinajstić information content (AvgIpc) is 3.11. The van der Waals surface area contributed by atoms with E-state index in [1.807, 2.05) is 24.6 Å². The number of ether oxygens (including phenoxy) is 1. The van der Waals surface area contributed by atoms with E-state index in [0.29, 0.717) is 22.0 Å². The quantitative estimate of drug-likeness (QED) is 0.676. The summed E-state index contributed by atoms with van der Waals surface area (Å²) in [4.78, 5) is 17.0. The molecule has 1 heterocycles. The predicted octanol–water partition coefficient (Wildman–Crippen LogP) is 4.77. The van der Waals surface area contributed by atoms with E-state index < -0.39 is 0 Å². The van der Waals surface area contributed by atoms with Crippen LogP contribution in [0, 0.1) is 0 Å². The predicted molar refractivity (Wildman–Crippen MR) is 103 cm³/mol. The second-order valence-electron chi connectivity index (χ2n) is 5.17. The molecule has 0 spiro atoms. The highest BCUT2D eigenvalue weighted by Crippen LogP contribution is 2.32. The Labute approximate surface area is 154 Å². The first-order valence-electron chi connectivity index (χ1n) is 7.49. The molecule has 0 aliphatic rings. The van der Waals surface area contributed by atoms with Gasteiger partial charge < -0.3 is 15.4 Å². The van der Waals surface area contributed by atoms with Crippen molar-refractivity contribution in [2.45, 2.75) is 0 Å². The molecule has 3 aromatic rings. The SMILES string of the molecule is CNc1nc(-c2ccc(OC)c(NC(=O)c3cccc(Cl)c3)c2)cs1. The van der Waals surface area contributed by atoms with Crippen LogP contribution in [-0.2, 0) is 0 Å². The van der Waals surface area contributed by atoms with E-state index in [1.54, 1.807) is 37.4 Å². The number of carbonyl (C=O) groups is 1. The van der Waals surface area contributed by atoms with Crippen LogP contribution in [0.4, 0.5) is 10.8 Å². The first-order chi connectivity index (χ1) is 12.1. The van der Waals surface area contributed by atoms with E-state index in [9.17, 15) is 4.79 Å². The molecule has 0 fully saturated rings. The fourth-order valence-corrected chi connectivity index (χ4v) is 3.18. The summed E-state index contributed by atoms with van der Waals surface area (Å²) >= 11 is 7.47. The Bertz CT molecular complexity index is 911. The second kappa shape index (κ2) is 7.55. The molecule has 0 saturated carbocycles. The molecule has 2 N–H and O–H groups in total. The Kier molecular flexibility index (Phi) is 5.21. The molecule has 1 aromatic heterocycles. The number of aromatic nitrogens is 1. The second-order valence-corrected chi connectivity index (χ2v) is 6.46. The summed E-state index contributed by atoms with van der Waals surface area (Å²) in [7, 11) is 3.39. The van der Waals surface area contributed by atoms with Crippen LogP contribution in [0.1, 0.15) is 10.4 Å². The highest BCUT2D eigenvalue weighted by molar-refractivity contribution is 7.14. The number of hydrogen-bond acceptors (Lipinski definition) is 5. The summed E-state index contributed by atoms with van der Waals surface area (Å²) in [6.45, 7) is 0. The third-order valence-electron chi connectivity index (χ3n) is 3.55. The van der Waals surface area contributed by atoms with Crippen LogP contribution in [0.3, 0.4) is 0 Å². The monoisotopic (exact) mass is 373 g/mol. The standard InChI is InChI=1S/C18H16ClN3O2S/c1-20-18-22-15(10-25-18)11-6-7-16(24-2)14(9-11)21-17(23)12-4-3-5-13(19)8-12/h3-10H,1-2H3,(H,20,22)(H,21,23). The minimum absolute atomic E-state index is 0.257. The van der Waals surface area contributed by atoms with Gasteiger partial charge in [0.15, 0.2) is 5.13 Å². The van der Waals surface area contributed by atoms with E-state index in [2.05, 4.69) is 15.6 Å². The zero-order valence-corrected chi connectivity index (χ0v) is 15.2. The molecule has 5 nitrogen and oxygen atoms in total. The summed E-state index contributed by atoms with van der Waals surface area (Å²) < 4.78 is 5.35. The number of thiazole rings is 1. The molecule has 0 atom stereocenters. The zero-order valence-electron chi connectivity index (χ0n) is 13.7. The largest absolute Gasteiger partial charge is 0.495 e. The van der Waals surface area contributed by atoms with Gasteiger partial charge in [0.05, 0.1) is 18.5 Å². The van der Waals surface area contributed by atoms with E-state index in [1.165, 1.54) is 11.3 Å². The maximum Gasteiger partial charge on any atom is 0.255 e. The number of anilines is 2. The summed E-state index contributed by atoms with van der Waals surface area (Å²) in [6, 6.07) is 12.3. The lowest BCUT2D eigenvalue weighted by Gasteiger charge is -2.12. The Morgan fingerprint density at radius 1 is 1.24 bits per heavy atom. The van der Waals surface area contributed by atoms with Crippen LogP contribution in [0.15, 0.2) is 47.8 Å². The molecule has 0 saturated heterocycles. The van der Waals surface area contributed by atoms with Gasteiger partial charge in [0.2, 0.25) is 0 Å². The molecule has 0 radical (unpaired) electrons. The number of methoxy groups -OCH3 is 1. The molecule has 1 amide bonds. The van der Waals surface area contributed by atoms with Gasteiger partial charge in [0, 0.05) is 28.6 Å². The number of halogens is 1. The Morgan fingerprint density at radius 3 is 2.76 bits per heavy atom. The van der Waals surface area contributed by atoms with Crippen LogP contribution in [-0.4, -0.2) is 25.0 Å². The van der Waals surface area contributed by atoms with Gasteiger partial charge in [-0.2, -0.15) is 0 Å². The molecular weight excluding hydrogens is 358 g/mol. The third kappa shape index (κ3) is 3.92. The van der Waals surface area contributed by atoms with Crippen molar-refractivity contribution < 1.29 is 9.53 Å². The van der Waals surface area contributed by atoms with Gasteiger partial charge in [0.1, 0.15) is 5.75 Å². The summed E-state index contributed by atoms with van der Waals surface area (Å²) in [5.74, 6) is 0.315. The van der Waals surface area contributed by atoms with Crippen LogP contribution in [0.5, 0.6) is 5.75 Å². The highest BCUT2D eigenvalue weighted by Gasteiger charge is 2.13. The molecule has 3 rings (SSSR count). The Balaban J connectivity index is 1.91. The van der Waals surface area contributed by atoms with Crippen LogP contribution < -0.4 is 15.4 Å². The minimum atomic E-state index is -0.257. The fourth-order valence-electron chi connectivity index (χ4n) is 2.31. The fraction of sp³-hybridized carbons (Fsp3) is 0.111. The van der Waals surface area contributed by atoms with Crippen molar-refractivity contribution in [1.82, 2.24) is 4.98 Å². The zero-order chi connectivity index (χ0) is 17.8. The van der Waals surface area contributed by atoms with Crippen molar-refractivity contribution in [3.63, 3.8) is 0 Å². The first-order valence-corrected chi connectivity index (χ1v) is 8.75. The van der Waals surface area contributed by atoms with Crippen LogP contribution in [0.25, 0.3) is 11.3 Å². The Morgan fingerprint density at radius 2 is 2.08 bits per heavy atom. The van der Waals surface area contributed by atoms with Gasteiger partial charge in [-0.05, 0) is 36.4 Å². The Hall–Kier alpha value is -2.57. The topological polar surface area (TPSA) is 63.3 Å². The van der Waals surface area contributed by atoms with Crippen molar-refractivity contribution in [2.75, 3.05) is 24.8 Å². The van der Waals surface area contributed by atoms with Crippen molar-refractivity contribution in [1.29, 1.82) is 0 Å². The van der Waals surface area contributed by atoms with Gasteiger partial charge in [-0.3, -0.25) is 4.79 Å². The summed E-state index contributed by atoms with van der Waals surface area (Å²) in [5.41, 5.74) is 2.77. The lowest BCUT2D eigenvalue weighted by atomic mass is 10.1. The smallest absolute Gasteiger partial charge is 0.255 e. The molecular formula is C18H16ClN3O2S. The number of amides is 1. The molecule has 0 aliphatic carbocycles. The minimum Gasteiger partial charge on any atom is -0.495 e. The van der Waals surface area contributed by atoms with Gasteiger partial charge in [0.25, 0.3) is 5.91 Å². The normalized spacial score (nSPS) is 10.4. The number of rotatable bonds is 5. The first kappa shape index (κ1) is 17.3. The van der Waals surface area contributed by atoms with Crippen LogP contribution in [0.2, 0.25) is 5.02 Å². The van der Waals surface area contributed by atoms with E-state index in [0.717, 1.165) is 16.4 Å². The number of nitrogens with one attached hydrogen (secondary N) is 2. The number of carbonyl (C=O) groups excluding carboxylic acids is 1. The number of benzene rings is 2. The number of hydrogen-bond donors (Lipinski definition) is 2. The van der Waals surface area contributed by atoms with Crippen molar-refractivity contribution in [2.24, 2.45) is 0 Å². The van der Waals surface area contributed by atoms with Gasteiger partial charge in [-0.25, -0.2) is 4.98 Å². The van der Waals surface area contributed by atoms with E-state index in [4.69, 9.17) is 16.3 Å². The van der Waals surface area contributed by atoms with Crippen LogP contribution >= 0.6 is 22.9 Å². The summed E-state index contributed by atoms with van der Waals surface area (Å²) in [6.07, 6.45) is 0. The molecule has 0 bridgehead atoms. The van der Waals surface area contributed by atoms with Gasteiger partial charge in [-0.1, -0.05) is 17.7 Å². The van der Waals surface area contributed by atoms with Gasteiger partial charge in [-0.15, -0.1) is 11.3 Å².